The first-order chi connectivity index (χ1) is 18.1. The molecule has 1 saturated heterocycles. The van der Waals surface area contributed by atoms with Gasteiger partial charge < -0.3 is 24.3 Å². The number of hydrogen-bond acceptors (Lipinski definition) is 8. The first-order valence-corrected chi connectivity index (χ1v) is 14.4. The highest BCUT2D eigenvalue weighted by molar-refractivity contribution is 7.89. The normalized spacial score (nSPS) is 15.8. The topological polar surface area (TPSA) is 142 Å². The van der Waals surface area contributed by atoms with Crippen molar-refractivity contribution in [3.8, 4) is 17.1 Å². The number of benzene rings is 1. The number of quaternary nitrogens is 1. The molecule has 1 aliphatic heterocycles. The Morgan fingerprint density at radius 1 is 1.24 bits per heavy atom. The number of hydroxylamine groups is 3. The van der Waals surface area contributed by atoms with Crippen molar-refractivity contribution in [1.82, 2.24) is 24.1 Å². The summed E-state index contributed by atoms with van der Waals surface area (Å²) in [6.07, 6.45) is 2.23. The van der Waals surface area contributed by atoms with Gasteiger partial charge in [-0.1, -0.05) is 20.3 Å². The van der Waals surface area contributed by atoms with Gasteiger partial charge in [-0.2, -0.15) is 9.40 Å². The highest BCUT2D eigenvalue weighted by Gasteiger charge is 2.27. The molecule has 0 spiro atoms. The predicted molar refractivity (Wildman–Crippen MR) is 143 cm³/mol. The Balaban J connectivity index is 1.73. The molecule has 0 unspecified atom stereocenters. The Bertz CT molecular complexity index is 1440. The molecule has 0 aliphatic carbocycles. The molecule has 0 saturated carbocycles. The van der Waals surface area contributed by atoms with Crippen molar-refractivity contribution in [1.29, 1.82) is 0 Å². The van der Waals surface area contributed by atoms with Gasteiger partial charge in [-0.3, -0.25) is 9.48 Å². The number of morpholine rings is 1. The molecule has 0 radical (unpaired) electrons. The standard InChI is InChI=1S/C25H36N6O6S/c1-5-7-20-22-23(30(4)28-20)25(32)27-24(26-22)19-17-18(8-9-21(19)37-14-6-2)38(34,35)29(3)10-11-31(33)12-15-36-16-13-31/h8-9,17H,5-7,10-16H2,1-4H3,(H,26,27,32). The highest BCUT2D eigenvalue weighted by atomic mass is 32.2. The molecular weight excluding hydrogens is 512 g/mol. The van der Waals surface area contributed by atoms with E-state index in [0.29, 0.717) is 67.4 Å². The molecule has 2 aromatic heterocycles. The molecule has 4 rings (SSSR count). The van der Waals surface area contributed by atoms with Gasteiger partial charge in [-0.05, 0) is 31.0 Å². The van der Waals surface area contributed by atoms with Crippen molar-refractivity contribution >= 4 is 21.1 Å². The Labute approximate surface area is 222 Å². The number of nitrogens with one attached hydrogen (secondary N) is 1. The van der Waals surface area contributed by atoms with Crippen LogP contribution >= 0.6 is 0 Å². The third-order valence-electron chi connectivity index (χ3n) is 6.73. The number of nitrogens with zero attached hydrogens (tertiary/aromatic N) is 5. The van der Waals surface area contributed by atoms with Crippen LogP contribution in [0.5, 0.6) is 5.75 Å². The third-order valence-corrected chi connectivity index (χ3v) is 8.59. The quantitative estimate of drug-likeness (QED) is 0.283. The molecule has 1 aromatic carbocycles. The zero-order chi connectivity index (χ0) is 27.5. The van der Waals surface area contributed by atoms with E-state index in [1.54, 1.807) is 13.1 Å². The van der Waals surface area contributed by atoms with E-state index < -0.39 is 14.7 Å². The maximum absolute atomic E-state index is 13.5. The lowest BCUT2D eigenvalue weighted by Crippen LogP contribution is -2.53. The molecule has 3 aromatic rings. The largest absolute Gasteiger partial charge is 0.633 e. The van der Waals surface area contributed by atoms with Gasteiger partial charge >= 0.3 is 0 Å². The maximum atomic E-state index is 13.5. The van der Waals surface area contributed by atoms with E-state index in [9.17, 15) is 18.4 Å². The predicted octanol–water partition coefficient (Wildman–Crippen LogP) is 2.03. The molecule has 13 heteroatoms. The van der Waals surface area contributed by atoms with Crippen LogP contribution in [0.2, 0.25) is 0 Å². The van der Waals surface area contributed by atoms with Gasteiger partial charge in [0, 0.05) is 14.1 Å². The number of aryl methyl sites for hydroxylation is 2. The van der Waals surface area contributed by atoms with E-state index in [1.165, 1.54) is 28.2 Å². The van der Waals surface area contributed by atoms with Crippen LogP contribution in [0.15, 0.2) is 27.9 Å². The van der Waals surface area contributed by atoms with Crippen LogP contribution in [0.25, 0.3) is 22.4 Å². The summed E-state index contributed by atoms with van der Waals surface area (Å²) in [6, 6.07) is 4.52. The molecule has 12 nitrogen and oxygen atoms in total. The SMILES string of the molecule is CCCOc1ccc(S(=O)(=O)N(C)CC[N+]2([O-])CCOCC2)cc1-c1nc2c(CCC)nn(C)c2c(=O)[nH]1. The molecule has 1 N–H and O–H groups in total. The Hall–Kier alpha value is -2.84. The van der Waals surface area contributed by atoms with Crippen molar-refractivity contribution in [2.24, 2.45) is 7.05 Å². The summed E-state index contributed by atoms with van der Waals surface area (Å²) < 4.78 is 40.4. The lowest BCUT2D eigenvalue weighted by atomic mass is 10.1. The van der Waals surface area contributed by atoms with Crippen LogP contribution in [-0.2, 0) is 28.2 Å². The zero-order valence-corrected chi connectivity index (χ0v) is 23.2. The molecule has 38 heavy (non-hydrogen) atoms. The summed E-state index contributed by atoms with van der Waals surface area (Å²) in [4.78, 5) is 20.5. The van der Waals surface area contributed by atoms with Crippen molar-refractivity contribution in [3.05, 3.63) is 39.5 Å². The monoisotopic (exact) mass is 548 g/mol. The number of hydrogen-bond donors (Lipinski definition) is 1. The van der Waals surface area contributed by atoms with Crippen LogP contribution in [-0.4, -0.2) is 90.2 Å². The van der Waals surface area contributed by atoms with E-state index in [1.807, 2.05) is 13.8 Å². The fourth-order valence-corrected chi connectivity index (χ4v) is 5.68. The summed E-state index contributed by atoms with van der Waals surface area (Å²) >= 11 is 0. The molecule has 0 atom stereocenters. The van der Waals surface area contributed by atoms with E-state index in [2.05, 4.69) is 10.1 Å². The van der Waals surface area contributed by atoms with E-state index in [0.717, 1.165) is 12.8 Å². The van der Waals surface area contributed by atoms with E-state index in [4.69, 9.17) is 14.5 Å². The van der Waals surface area contributed by atoms with Crippen molar-refractivity contribution in [2.75, 3.05) is 53.0 Å². The fourth-order valence-electron chi connectivity index (χ4n) is 4.49. The number of sulfonamides is 1. The minimum absolute atomic E-state index is 0.0148. The molecule has 1 aliphatic rings. The first-order valence-electron chi connectivity index (χ1n) is 12.9. The summed E-state index contributed by atoms with van der Waals surface area (Å²) in [5, 5.41) is 17.3. The van der Waals surface area contributed by atoms with E-state index in [-0.39, 0.29) is 29.4 Å². The summed E-state index contributed by atoms with van der Waals surface area (Å²) in [6.45, 7) is 5.94. The second-order valence-electron chi connectivity index (χ2n) is 9.61. The number of aromatic amines is 1. The number of ether oxygens (including phenoxy) is 2. The Morgan fingerprint density at radius 2 is 1.97 bits per heavy atom. The van der Waals surface area contributed by atoms with Gasteiger partial charge in [0.25, 0.3) is 5.56 Å². The lowest BCUT2D eigenvalue weighted by molar-refractivity contribution is -0.887. The average Bonchev–Trinajstić information content (AvgIpc) is 3.21. The smallest absolute Gasteiger partial charge is 0.277 e. The van der Waals surface area contributed by atoms with Gasteiger partial charge in [0.15, 0.2) is 5.52 Å². The average molecular weight is 549 g/mol. The van der Waals surface area contributed by atoms with Crippen molar-refractivity contribution in [2.45, 2.75) is 38.0 Å². The minimum Gasteiger partial charge on any atom is -0.633 e. The molecular formula is C25H36N6O6S. The number of likely N-dealkylation sites (N-methyl/N-ethyl adjacent to an activating group) is 1. The lowest BCUT2D eigenvalue weighted by Gasteiger charge is -2.45. The fraction of sp³-hybridized carbons (Fsp3) is 0.560. The van der Waals surface area contributed by atoms with Gasteiger partial charge in [0.2, 0.25) is 10.0 Å². The van der Waals surface area contributed by atoms with Crippen LogP contribution < -0.4 is 10.3 Å². The van der Waals surface area contributed by atoms with Gasteiger partial charge in [-0.25, -0.2) is 13.4 Å². The molecule has 0 amide bonds. The van der Waals surface area contributed by atoms with Crippen LogP contribution in [0, 0.1) is 5.21 Å². The second-order valence-corrected chi connectivity index (χ2v) is 11.7. The maximum Gasteiger partial charge on any atom is 0.277 e. The van der Waals surface area contributed by atoms with E-state index >= 15 is 0 Å². The van der Waals surface area contributed by atoms with Crippen LogP contribution in [0.3, 0.4) is 0 Å². The highest BCUT2D eigenvalue weighted by Crippen LogP contribution is 2.32. The number of H-pyrrole nitrogens is 1. The number of aromatic nitrogens is 4. The Kier molecular flexibility index (Phi) is 8.52. The first kappa shape index (κ1) is 28.2. The van der Waals surface area contributed by atoms with Gasteiger partial charge in [0.1, 0.15) is 30.2 Å². The zero-order valence-electron chi connectivity index (χ0n) is 22.4. The van der Waals surface area contributed by atoms with Crippen molar-refractivity contribution in [3.63, 3.8) is 0 Å². The summed E-state index contributed by atoms with van der Waals surface area (Å²) in [5.74, 6) is 0.616. The number of rotatable bonds is 11. The van der Waals surface area contributed by atoms with Crippen molar-refractivity contribution < 1.29 is 22.5 Å². The summed E-state index contributed by atoms with van der Waals surface area (Å²) in [5.41, 5.74) is 1.53. The second kappa shape index (κ2) is 11.5. The molecule has 3 heterocycles. The van der Waals surface area contributed by atoms with Crippen LogP contribution in [0.4, 0.5) is 0 Å². The third kappa shape index (κ3) is 5.76. The molecule has 208 valence electrons. The minimum atomic E-state index is -3.94. The van der Waals surface area contributed by atoms with Gasteiger partial charge in [0.05, 0.1) is 49.1 Å². The molecule has 0 bridgehead atoms. The van der Waals surface area contributed by atoms with Crippen LogP contribution in [0.1, 0.15) is 32.4 Å². The Morgan fingerprint density at radius 3 is 2.66 bits per heavy atom. The number of fused-ring (bicyclic) bond motifs is 1. The summed E-state index contributed by atoms with van der Waals surface area (Å²) in [7, 11) is -0.782. The van der Waals surface area contributed by atoms with Gasteiger partial charge in [-0.15, -0.1) is 0 Å². The molecule has 1 fully saturated rings.